The van der Waals surface area contributed by atoms with E-state index in [1.807, 2.05) is 43.3 Å². The lowest BCUT2D eigenvalue weighted by atomic mass is 9.88. The number of hydrogen-bond acceptors (Lipinski definition) is 5. The third kappa shape index (κ3) is 4.12. The van der Waals surface area contributed by atoms with Gasteiger partial charge in [-0.2, -0.15) is 5.10 Å². The van der Waals surface area contributed by atoms with Crippen LogP contribution in [0.1, 0.15) is 41.9 Å². The molecule has 2 aromatic heterocycles. The minimum absolute atomic E-state index is 0.320. The van der Waals surface area contributed by atoms with Crippen molar-refractivity contribution in [2.45, 2.75) is 38.9 Å². The molecule has 4 rings (SSSR count). The smallest absolute Gasteiger partial charge is 0.256 e. The Morgan fingerprint density at radius 1 is 1.12 bits per heavy atom. The van der Waals surface area contributed by atoms with E-state index >= 15 is 0 Å². The molecule has 3 N–H and O–H groups in total. The third-order valence-corrected chi connectivity index (χ3v) is 5.63. The fourth-order valence-corrected chi connectivity index (χ4v) is 3.70. The zero-order valence-electron chi connectivity index (χ0n) is 18.3. The summed E-state index contributed by atoms with van der Waals surface area (Å²) in [5, 5.41) is 28.0. The van der Waals surface area contributed by atoms with E-state index in [2.05, 4.69) is 15.4 Å². The minimum atomic E-state index is -1.39. The first-order valence-electron chi connectivity index (χ1n) is 10.5. The van der Waals surface area contributed by atoms with Crippen LogP contribution in [0.25, 0.3) is 16.9 Å². The maximum absolute atomic E-state index is 12.9. The van der Waals surface area contributed by atoms with E-state index in [1.165, 1.54) is 0 Å². The summed E-state index contributed by atoms with van der Waals surface area (Å²) in [5.41, 5.74) is 2.82. The molecule has 2 atom stereocenters. The van der Waals surface area contributed by atoms with Crippen molar-refractivity contribution < 1.29 is 15.0 Å². The molecule has 2 aromatic carbocycles. The molecule has 0 radical (unpaired) electrons. The molecule has 2 heterocycles. The number of aliphatic hydroxyl groups is 2. The molecule has 0 spiro atoms. The van der Waals surface area contributed by atoms with Gasteiger partial charge in [0, 0.05) is 23.3 Å². The zero-order chi connectivity index (χ0) is 22.9. The molecule has 0 saturated carbocycles. The molecule has 7 heteroatoms. The van der Waals surface area contributed by atoms with E-state index in [4.69, 9.17) is 0 Å². The number of rotatable bonds is 6. The zero-order valence-corrected chi connectivity index (χ0v) is 18.3. The first kappa shape index (κ1) is 21.7. The van der Waals surface area contributed by atoms with E-state index < -0.39 is 11.7 Å². The van der Waals surface area contributed by atoms with Gasteiger partial charge in [-0.1, -0.05) is 49.4 Å². The molecule has 164 valence electrons. The van der Waals surface area contributed by atoms with Crippen molar-refractivity contribution in [3.63, 3.8) is 0 Å². The number of fused-ring (bicyclic) bond motifs is 1. The summed E-state index contributed by atoms with van der Waals surface area (Å²) < 4.78 is 1.76. The summed E-state index contributed by atoms with van der Waals surface area (Å²) >= 11 is 0. The van der Waals surface area contributed by atoms with Crippen molar-refractivity contribution in [3.05, 3.63) is 83.6 Å². The van der Waals surface area contributed by atoms with Crippen LogP contribution in [-0.4, -0.2) is 36.8 Å². The van der Waals surface area contributed by atoms with E-state index in [0.717, 1.165) is 17.0 Å². The molecule has 0 fully saturated rings. The van der Waals surface area contributed by atoms with Crippen LogP contribution in [0.3, 0.4) is 0 Å². The summed E-state index contributed by atoms with van der Waals surface area (Å²) in [4.78, 5) is 17.4. The summed E-state index contributed by atoms with van der Waals surface area (Å²) in [7, 11) is 0. The average Bonchev–Trinajstić information content (AvgIpc) is 3.18. The minimum Gasteiger partial charge on any atom is -0.390 e. The topological polar surface area (TPSA) is 99.8 Å². The second-order valence-corrected chi connectivity index (χ2v) is 8.05. The third-order valence-electron chi connectivity index (χ3n) is 5.63. The SMILES string of the molecule is CCC(O)C(C)(O)c1ccc(C(=O)Nc2cc(-c3ccccc3)n3nc(C)cc3n2)cc1. The van der Waals surface area contributed by atoms with Crippen LogP contribution in [0.2, 0.25) is 0 Å². The number of carbonyl (C=O) groups is 1. The summed E-state index contributed by atoms with van der Waals surface area (Å²) in [6.07, 6.45) is -0.477. The molecular formula is C25H26N4O3. The van der Waals surface area contributed by atoms with E-state index in [-0.39, 0.29) is 5.91 Å². The molecule has 32 heavy (non-hydrogen) atoms. The fourth-order valence-electron chi connectivity index (χ4n) is 3.70. The van der Waals surface area contributed by atoms with Gasteiger partial charge in [0.2, 0.25) is 0 Å². The Bertz CT molecular complexity index is 1250. The van der Waals surface area contributed by atoms with E-state index in [9.17, 15) is 15.0 Å². The van der Waals surface area contributed by atoms with Gasteiger partial charge in [0.05, 0.1) is 17.5 Å². The molecule has 4 aromatic rings. The van der Waals surface area contributed by atoms with E-state index in [1.54, 1.807) is 48.7 Å². The number of carbonyl (C=O) groups excluding carboxylic acids is 1. The number of amides is 1. The van der Waals surface area contributed by atoms with Crippen LogP contribution >= 0.6 is 0 Å². The van der Waals surface area contributed by atoms with Gasteiger partial charge >= 0.3 is 0 Å². The maximum atomic E-state index is 12.9. The molecule has 0 aliphatic heterocycles. The monoisotopic (exact) mass is 430 g/mol. The molecule has 1 amide bonds. The number of aromatic nitrogens is 3. The quantitative estimate of drug-likeness (QED) is 0.430. The highest BCUT2D eigenvalue weighted by Gasteiger charge is 2.31. The Morgan fingerprint density at radius 2 is 1.81 bits per heavy atom. The maximum Gasteiger partial charge on any atom is 0.256 e. The lowest BCUT2D eigenvalue weighted by Gasteiger charge is -2.29. The predicted molar refractivity (Wildman–Crippen MR) is 123 cm³/mol. The van der Waals surface area contributed by atoms with Gasteiger partial charge < -0.3 is 15.5 Å². The molecule has 0 aliphatic carbocycles. The highest BCUT2D eigenvalue weighted by Crippen LogP contribution is 2.27. The van der Waals surface area contributed by atoms with E-state index in [0.29, 0.717) is 29.0 Å². The molecule has 0 aliphatic rings. The Morgan fingerprint density at radius 3 is 2.47 bits per heavy atom. The second-order valence-electron chi connectivity index (χ2n) is 8.05. The molecule has 7 nitrogen and oxygen atoms in total. The lowest BCUT2D eigenvalue weighted by molar-refractivity contribution is -0.0678. The second kappa shape index (κ2) is 8.53. The molecule has 0 saturated heterocycles. The van der Waals surface area contributed by atoms with Crippen LogP contribution in [0, 0.1) is 6.92 Å². The number of anilines is 1. The van der Waals surface area contributed by atoms with Gasteiger partial charge in [0.15, 0.2) is 5.65 Å². The van der Waals surface area contributed by atoms with Crippen LogP contribution < -0.4 is 5.32 Å². The Hall–Kier alpha value is -3.55. The van der Waals surface area contributed by atoms with Crippen molar-refractivity contribution in [1.82, 2.24) is 14.6 Å². The highest BCUT2D eigenvalue weighted by molar-refractivity contribution is 6.04. The van der Waals surface area contributed by atoms with Gasteiger partial charge in [0.1, 0.15) is 11.4 Å². The van der Waals surface area contributed by atoms with Gasteiger partial charge in [-0.05, 0) is 38.0 Å². The van der Waals surface area contributed by atoms with Crippen LogP contribution in [-0.2, 0) is 5.60 Å². The van der Waals surface area contributed by atoms with Crippen molar-refractivity contribution in [2.24, 2.45) is 0 Å². The first-order valence-corrected chi connectivity index (χ1v) is 10.5. The van der Waals surface area contributed by atoms with Crippen LogP contribution in [0.5, 0.6) is 0 Å². The number of aryl methyl sites for hydroxylation is 1. The summed E-state index contributed by atoms with van der Waals surface area (Å²) in [5.74, 6) is 0.0954. The molecule has 2 unspecified atom stereocenters. The van der Waals surface area contributed by atoms with Gasteiger partial charge in [0.25, 0.3) is 5.91 Å². The largest absolute Gasteiger partial charge is 0.390 e. The fraction of sp³-hybridized carbons (Fsp3) is 0.240. The lowest BCUT2D eigenvalue weighted by Crippen LogP contribution is -2.36. The van der Waals surface area contributed by atoms with Gasteiger partial charge in [-0.3, -0.25) is 4.79 Å². The van der Waals surface area contributed by atoms with Crippen LogP contribution in [0.15, 0.2) is 66.7 Å². The van der Waals surface area contributed by atoms with Crippen molar-refractivity contribution in [2.75, 3.05) is 5.32 Å². The Balaban J connectivity index is 1.63. The number of nitrogens with zero attached hydrogens (tertiary/aromatic N) is 3. The number of aliphatic hydroxyl groups excluding tert-OH is 1. The average molecular weight is 431 g/mol. The number of hydrogen-bond donors (Lipinski definition) is 3. The number of nitrogens with one attached hydrogen (secondary N) is 1. The molecular weight excluding hydrogens is 404 g/mol. The Labute approximate surface area is 186 Å². The predicted octanol–water partition coefficient (Wildman–Crippen LogP) is 3.94. The van der Waals surface area contributed by atoms with Gasteiger partial charge in [-0.15, -0.1) is 0 Å². The van der Waals surface area contributed by atoms with Crippen LogP contribution in [0.4, 0.5) is 5.82 Å². The normalized spacial score (nSPS) is 14.2. The van der Waals surface area contributed by atoms with Crippen molar-refractivity contribution in [3.8, 4) is 11.3 Å². The van der Waals surface area contributed by atoms with Crippen molar-refractivity contribution in [1.29, 1.82) is 0 Å². The molecule has 0 bridgehead atoms. The van der Waals surface area contributed by atoms with Gasteiger partial charge in [-0.25, -0.2) is 9.50 Å². The highest BCUT2D eigenvalue weighted by atomic mass is 16.3. The van der Waals surface area contributed by atoms with Crippen molar-refractivity contribution >= 4 is 17.4 Å². The Kier molecular flexibility index (Phi) is 5.78. The number of benzene rings is 2. The first-order chi connectivity index (χ1) is 15.3. The summed E-state index contributed by atoms with van der Waals surface area (Å²) in [6.45, 7) is 5.26. The standard InChI is InChI=1S/C25H26N4O3/c1-4-21(30)25(3,32)19-12-10-18(11-13-19)24(31)27-22-15-20(17-8-6-5-7-9-17)29-23(26-22)14-16(2)28-29/h5-15,21,30,32H,4H2,1-3H3,(H,26,27,31). The summed E-state index contributed by atoms with van der Waals surface area (Å²) in [6, 6.07) is 20.0.